The van der Waals surface area contributed by atoms with E-state index in [0.29, 0.717) is 11.1 Å². The second-order valence-corrected chi connectivity index (χ2v) is 9.59. The fraction of sp³-hybridized carbons (Fsp3) is 0.259. The van der Waals surface area contributed by atoms with Crippen molar-refractivity contribution in [3.63, 3.8) is 0 Å². The molecule has 2 N–H and O–H groups in total. The molecule has 0 spiro atoms. The van der Waals surface area contributed by atoms with Crippen molar-refractivity contribution in [2.45, 2.75) is 31.5 Å². The highest BCUT2D eigenvalue weighted by Crippen LogP contribution is 2.50. The third kappa shape index (κ3) is 4.59. The Morgan fingerprint density at radius 3 is 2.34 bits per heavy atom. The van der Waals surface area contributed by atoms with Crippen molar-refractivity contribution in [2.75, 3.05) is 18.1 Å². The number of halogens is 5. The minimum Gasteiger partial charge on any atom is -0.482 e. The Balaban J connectivity index is 1.76. The lowest BCUT2D eigenvalue weighted by Crippen LogP contribution is -2.47. The number of hydrogen-bond acceptors (Lipinski definition) is 4. The maximum Gasteiger partial charge on any atom is 0.422 e. The number of rotatable bonds is 6. The van der Waals surface area contributed by atoms with Crippen LogP contribution in [0.15, 0.2) is 54.6 Å². The summed E-state index contributed by atoms with van der Waals surface area (Å²) in [5, 5.41) is 20.5. The molecule has 0 saturated carbocycles. The van der Waals surface area contributed by atoms with Gasteiger partial charge in [0.2, 0.25) is 0 Å². The van der Waals surface area contributed by atoms with Crippen molar-refractivity contribution in [1.29, 1.82) is 0 Å². The Hall–Kier alpha value is -3.27. The molecule has 1 aliphatic rings. The molecule has 200 valence electrons. The number of carbonyl (C=O) groups excluding carboxylic acids is 1. The molecule has 0 bridgehead atoms. The summed E-state index contributed by atoms with van der Waals surface area (Å²) in [4.78, 5) is 25.0. The number of carbonyl (C=O) groups is 2. The van der Waals surface area contributed by atoms with Gasteiger partial charge in [0.25, 0.3) is 5.91 Å². The van der Waals surface area contributed by atoms with Gasteiger partial charge in [0, 0.05) is 18.0 Å². The van der Waals surface area contributed by atoms with E-state index in [1.807, 2.05) is 0 Å². The van der Waals surface area contributed by atoms with Crippen molar-refractivity contribution in [3.8, 4) is 16.9 Å². The van der Waals surface area contributed by atoms with E-state index >= 15 is 0 Å². The van der Waals surface area contributed by atoms with Crippen LogP contribution in [0.25, 0.3) is 11.1 Å². The predicted molar refractivity (Wildman–Crippen MR) is 137 cm³/mol. The van der Waals surface area contributed by atoms with Crippen LogP contribution in [0.1, 0.15) is 41.3 Å². The normalized spacial score (nSPS) is 15.9. The smallest absolute Gasteiger partial charge is 0.422 e. The zero-order valence-corrected chi connectivity index (χ0v) is 21.7. The number of amides is 1. The number of carboxylic acid groups (broad SMARTS) is 1. The average Bonchev–Trinajstić information content (AvgIpc) is 2.86. The molecule has 1 heterocycles. The van der Waals surface area contributed by atoms with Gasteiger partial charge >= 0.3 is 12.1 Å². The molecule has 6 nitrogen and oxygen atoms in total. The first-order valence-corrected chi connectivity index (χ1v) is 12.2. The quantitative estimate of drug-likeness (QED) is 0.348. The number of carboxylic acids is 1. The fourth-order valence-corrected chi connectivity index (χ4v) is 5.25. The van der Waals surface area contributed by atoms with Crippen LogP contribution in [-0.2, 0) is 10.4 Å². The van der Waals surface area contributed by atoms with Crippen LogP contribution in [0.2, 0.25) is 10.0 Å². The van der Waals surface area contributed by atoms with Crippen LogP contribution < -0.4 is 9.64 Å². The van der Waals surface area contributed by atoms with E-state index in [-0.39, 0.29) is 45.8 Å². The maximum atomic E-state index is 14.5. The third-order valence-electron chi connectivity index (χ3n) is 6.74. The van der Waals surface area contributed by atoms with E-state index in [9.17, 15) is 33.0 Å². The molecule has 0 aromatic heterocycles. The summed E-state index contributed by atoms with van der Waals surface area (Å²) in [7, 11) is 0. The summed E-state index contributed by atoms with van der Waals surface area (Å²) in [6.45, 7) is 2.93. The molecule has 0 aliphatic carbocycles. The predicted octanol–water partition coefficient (Wildman–Crippen LogP) is 6.66. The summed E-state index contributed by atoms with van der Waals surface area (Å²) >= 11 is 12.2. The molecule has 1 amide bonds. The Morgan fingerprint density at radius 2 is 1.76 bits per heavy atom. The van der Waals surface area contributed by atoms with Gasteiger partial charge < -0.3 is 19.8 Å². The lowest BCUT2D eigenvalue weighted by Gasteiger charge is -2.38. The van der Waals surface area contributed by atoms with E-state index < -0.39 is 35.1 Å². The summed E-state index contributed by atoms with van der Waals surface area (Å²) in [6, 6.07) is 12.3. The Kier molecular flexibility index (Phi) is 7.40. The third-order valence-corrected chi connectivity index (χ3v) is 7.45. The number of anilines is 1. The second kappa shape index (κ2) is 10.1. The van der Waals surface area contributed by atoms with Crippen LogP contribution in [-0.4, -0.2) is 41.4 Å². The number of nitrogens with zero attached hydrogens (tertiary/aromatic N) is 1. The number of hydrogen-bond donors (Lipinski definition) is 2. The van der Waals surface area contributed by atoms with Crippen molar-refractivity contribution in [3.05, 3.63) is 81.3 Å². The van der Waals surface area contributed by atoms with Crippen molar-refractivity contribution < 1.29 is 37.7 Å². The van der Waals surface area contributed by atoms with E-state index in [1.54, 1.807) is 6.92 Å². The highest BCUT2D eigenvalue weighted by Gasteiger charge is 2.59. The van der Waals surface area contributed by atoms with Crippen LogP contribution >= 0.6 is 23.2 Å². The lowest BCUT2D eigenvalue weighted by atomic mass is 9.77. The number of aromatic carboxylic acids is 1. The first-order chi connectivity index (χ1) is 17.8. The highest BCUT2D eigenvalue weighted by atomic mass is 35.5. The summed E-state index contributed by atoms with van der Waals surface area (Å²) in [6.07, 6.45) is -5.08. The molecular weight excluding hydrogens is 546 g/mol. The van der Waals surface area contributed by atoms with Crippen LogP contribution in [0.5, 0.6) is 5.75 Å². The van der Waals surface area contributed by atoms with Crippen LogP contribution in [0, 0.1) is 0 Å². The fourth-order valence-electron chi connectivity index (χ4n) is 4.61. The summed E-state index contributed by atoms with van der Waals surface area (Å²) in [5.74, 6) is -2.94. The standard InChI is InChI=1S/C27H22Cl2F3NO5/c1-3-33-20-12-17(8-11-21(20)38-13-22(33)34)26(37,27(30,31)32)14(2)15-4-6-16(7-5-15)18-9-10-19(28)23(24(18)29)25(35)36/h4-12,14,37H,3,13H2,1-2H3,(H,35,36). The molecule has 0 fully saturated rings. The Labute approximate surface area is 226 Å². The number of aliphatic hydroxyl groups is 1. The van der Waals surface area contributed by atoms with Crippen molar-refractivity contribution in [2.24, 2.45) is 0 Å². The number of alkyl halides is 3. The van der Waals surface area contributed by atoms with Gasteiger partial charge in [0.1, 0.15) is 5.75 Å². The van der Waals surface area contributed by atoms with Crippen molar-refractivity contribution in [1.82, 2.24) is 0 Å². The molecule has 4 rings (SSSR count). The molecule has 38 heavy (non-hydrogen) atoms. The van der Waals surface area contributed by atoms with Gasteiger partial charge in [-0.2, -0.15) is 13.2 Å². The molecule has 2 atom stereocenters. The van der Waals surface area contributed by atoms with Gasteiger partial charge in [-0.25, -0.2) is 4.79 Å². The highest BCUT2D eigenvalue weighted by molar-refractivity contribution is 6.41. The summed E-state index contributed by atoms with van der Waals surface area (Å²) in [5.41, 5.74) is -2.94. The number of likely N-dealkylation sites (N-methyl/N-ethyl adjacent to an activating group) is 1. The van der Waals surface area contributed by atoms with Gasteiger partial charge in [-0.05, 0) is 41.8 Å². The van der Waals surface area contributed by atoms with Crippen molar-refractivity contribution >= 4 is 40.8 Å². The van der Waals surface area contributed by atoms with E-state index in [0.717, 1.165) is 12.1 Å². The Bertz CT molecular complexity index is 1410. The topological polar surface area (TPSA) is 87.1 Å². The molecular formula is C27H22Cl2F3NO5. The number of ether oxygens (including phenoxy) is 1. The lowest BCUT2D eigenvalue weighted by molar-refractivity contribution is -0.274. The average molecular weight is 568 g/mol. The monoisotopic (exact) mass is 567 g/mol. The van der Waals surface area contributed by atoms with E-state index in [2.05, 4.69) is 0 Å². The molecule has 0 radical (unpaired) electrons. The van der Waals surface area contributed by atoms with Gasteiger partial charge in [-0.3, -0.25) is 4.79 Å². The zero-order chi connectivity index (χ0) is 28.0. The first-order valence-electron chi connectivity index (χ1n) is 11.5. The van der Waals surface area contributed by atoms with E-state index in [1.165, 1.54) is 54.3 Å². The SMILES string of the molecule is CCN1C(=O)COc2ccc(C(O)(C(C)c3ccc(-c4ccc(Cl)c(C(=O)O)c4Cl)cc3)C(F)(F)F)cc21. The molecule has 0 saturated heterocycles. The van der Waals surface area contributed by atoms with Gasteiger partial charge in [0.05, 0.1) is 21.3 Å². The molecule has 3 aromatic rings. The van der Waals surface area contributed by atoms with Crippen LogP contribution in [0.4, 0.5) is 18.9 Å². The van der Waals surface area contributed by atoms with E-state index in [4.69, 9.17) is 27.9 Å². The zero-order valence-electron chi connectivity index (χ0n) is 20.1. The number of fused-ring (bicyclic) bond motifs is 1. The van der Waals surface area contributed by atoms with Gasteiger partial charge in [-0.1, -0.05) is 66.5 Å². The second-order valence-electron chi connectivity index (χ2n) is 8.81. The molecule has 11 heteroatoms. The van der Waals surface area contributed by atoms with Gasteiger partial charge in [0.15, 0.2) is 12.2 Å². The van der Waals surface area contributed by atoms with Crippen LogP contribution in [0.3, 0.4) is 0 Å². The largest absolute Gasteiger partial charge is 0.482 e. The number of benzene rings is 3. The van der Waals surface area contributed by atoms with Gasteiger partial charge in [-0.15, -0.1) is 0 Å². The Morgan fingerprint density at radius 1 is 1.11 bits per heavy atom. The first kappa shape index (κ1) is 27.8. The summed E-state index contributed by atoms with van der Waals surface area (Å²) < 4.78 is 48.9. The molecule has 3 aromatic carbocycles. The minimum atomic E-state index is -5.08. The minimum absolute atomic E-state index is 0.0504. The molecule has 2 unspecified atom stereocenters. The maximum absolute atomic E-state index is 14.5. The molecule has 1 aliphatic heterocycles.